The van der Waals surface area contributed by atoms with Crippen LogP contribution in [0.25, 0.3) is 0 Å². The van der Waals surface area contributed by atoms with Gasteiger partial charge in [0, 0.05) is 25.7 Å². The fourth-order valence-electron chi connectivity index (χ4n) is 8.88. The SMILES string of the molecule is CCCCCCCCCCCC(=O)OC[C@H](COP(=O)(O)OC[C@@H](O)COP(=O)(O)OC[C@@H](COC(=O)CCCCCCCCCC)OC(=O)CCCCCCCCCCC)OC(=O)CCCCCCCCCCCCC(C)C. The maximum absolute atomic E-state index is 12.9. The Hall–Kier alpha value is -1.94. The van der Waals surface area contributed by atoms with Crippen molar-refractivity contribution in [1.29, 1.82) is 0 Å². The van der Waals surface area contributed by atoms with Gasteiger partial charge in [0.25, 0.3) is 0 Å². The predicted octanol–water partition coefficient (Wildman–Crippen LogP) is 16.2. The molecule has 0 spiro atoms. The zero-order chi connectivity index (χ0) is 58.5. The topological polar surface area (TPSA) is 237 Å². The lowest BCUT2D eigenvalue weighted by Crippen LogP contribution is -2.30. The molecule has 0 radical (unpaired) electrons. The van der Waals surface area contributed by atoms with Gasteiger partial charge in [-0.1, -0.05) is 247 Å². The normalized spacial score (nSPS) is 14.3. The molecule has 17 nitrogen and oxygen atoms in total. The molecule has 0 aromatic rings. The smallest absolute Gasteiger partial charge is 0.462 e. The third kappa shape index (κ3) is 55.0. The molecule has 0 saturated heterocycles. The Labute approximate surface area is 479 Å². The number of aliphatic hydroxyl groups is 1. The molecule has 0 aromatic heterocycles. The first-order valence-corrected chi connectivity index (χ1v) is 34.6. The van der Waals surface area contributed by atoms with Gasteiger partial charge in [0.1, 0.15) is 19.3 Å². The number of ether oxygens (including phenoxy) is 4. The van der Waals surface area contributed by atoms with Crippen molar-refractivity contribution in [2.45, 2.75) is 316 Å². The predicted molar refractivity (Wildman–Crippen MR) is 312 cm³/mol. The van der Waals surface area contributed by atoms with Crippen LogP contribution in [0.5, 0.6) is 0 Å². The van der Waals surface area contributed by atoms with E-state index in [1.165, 1.54) is 116 Å². The maximum atomic E-state index is 12.9. The van der Waals surface area contributed by atoms with E-state index in [9.17, 15) is 43.2 Å². The van der Waals surface area contributed by atoms with Crippen molar-refractivity contribution in [3.8, 4) is 0 Å². The second-order valence-corrected chi connectivity index (χ2v) is 25.1. The summed E-state index contributed by atoms with van der Waals surface area (Å²) in [5.41, 5.74) is 0. The highest BCUT2D eigenvalue weighted by Crippen LogP contribution is 2.45. The first kappa shape index (κ1) is 77.1. The summed E-state index contributed by atoms with van der Waals surface area (Å²) in [4.78, 5) is 71.9. The molecule has 5 atom stereocenters. The number of carbonyl (C=O) groups is 4. The van der Waals surface area contributed by atoms with Crippen LogP contribution in [-0.4, -0.2) is 96.7 Å². The van der Waals surface area contributed by atoms with Gasteiger partial charge in [0.15, 0.2) is 12.2 Å². The van der Waals surface area contributed by atoms with Gasteiger partial charge in [0.2, 0.25) is 0 Å². The number of hydrogen-bond donors (Lipinski definition) is 3. The highest BCUT2D eigenvalue weighted by molar-refractivity contribution is 7.47. The van der Waals surface area contributed by atoms with Gasteiger partial charge in [-0.3, -0.25) is 37.3 Å². The first-order chi connectivity index (χ1) is 38.0. The van der Waals surface area contributed by atoms with E-state index in [-0.39, 0.29) is 25.7 Å². The third-order valence-electron chi connectivity index (χ3n) is 13.8. The Balaban J connectivity index is 5.21. The van der Waals surface area contributed by atoms with Crippen molar-refractivity contribution in [2.75, 3.05) is 39.6 Å². The summed E-state index contributed by atoms with van der Waals surface area (Å²) < 4.78 is 67.7. The number of carbonyl (C=O) groups excluding carboxylic acids is 4. The highest BCUT2D eigenvalue weighted by atomic mass is 31.2. The van der Waals surface area contributed by atoms with Crippen LogP contribution >= 0.6 is 15.6 Å². The van der Waals surface area contributed by atoms with E-state index in [0.717, 1.165) is 102 Å². The molecule has 19 heteroatoms. The molecule has 0 fully saturated rings. The Kier molecular flexibility index (Phi) is 52.7. The third-order valence-corrected chi connectivity index (χ3v) is 15.7. The van der Waals surface area contributed by atoms with E-state index in [1.807, 2.05) is 0 Å². The maximum Gasteiger partial charge on any atom is 0.472 e. The minimum atomic E-state index is -4.94. The van der Waals surface area contributed by atoms with Crippen LogP contribution in [0.4, 0.5) is 0 Å². The van der Waals surface area contributed by atoms with Gasteiger partial charge in [-0.15, -0.1) is 0 Å². The van der Waals surface area contributed by atoms with Crippen LogP contribution in [-0.2, 0) is 65.4 Å². The minimum Gasteiger partial charge on any atom is -0.462 e. The average Bonchev–Trinajstić information content (AvgIpc) is 3.41. The molecule has 79 heavy (non-hydrogen) atoms. The molecular weight excluding hydrogens is 1050 g/mol. The molecule has 3 N–H and O–H groups in total. The van der Waals surface area contributed by atoms with Crippen molar-refractivity contribution in [2.24, 2.45) is 5.92 Å². The molecule has 0 aliphatic carbocycles. The molecule has 0 saturated carbocycles. The second-order valence-electron chi connectivity index (χ2n) is 22.2. The van der Waals surface area contributed by atoms with E-state index in [2.05, 4.69) is 34.6 Å². The summed E-state index contributed by atoms with van der Waals surface area (Å²) in [5, 5.41) is 10.5. The van der Waals surface area contributed by atoms with E-state index in [1.54, 1.807) is 0 Å². The van der Waals surface area contributed by atoms with Crippen LogP contribution in [0.3, 0.4) is 0 Å². The highest BCUT2D eigenvalue weighted by Gasteiger charge is 2.30. The fraction of sp³-hybridized carbons (Fsp3) is 0.933. The lowest BCUT2D eigenvalue weighted by Gasteiger charge is -2.21. The van der Waals surface area contributed by atoms with Crippen LogP contribution in [0.1, 0.15) is 298 Å². The van der Waals surface area contributed by atoms with E-state index < -0.39 is 97.5 Å². The summed E-state index contributed by atoms with van der Waals surface area (Å²) in [7, 11) is -9.87. The van der Waals surface area contributed by atoms with Crippen molar-refractivity contribution in [3.63, 3.8) is 0 Å². The number of phosphoric acid groups is 2. The van der Waals surface area contributed by atoms with Crippen LogP contribution < -0.4 is 0 Å². The summed E-state index contributed by atoms with van der Waals surface area (Å²) in [5.74, 6) is -1.39. The Morgan fingerprint density at radius 2 is 0.582 bits per heavy atom. The van der Waals surface area contributed by atoms with E-state index in [4.69, 9.17) is 37.0 Å². The first-order valence-electron chi connectivity index (χ1n) is 31.6. The van der Waals surface area contributed by atoms with Gasteiger partial charge in [-0.05, 0) is 31.6 Å². The van der Waals surface area contributed by atoms with Gasteiger partial charge < -0.3 is 33.8 Å². The Morgan fingerprint density at radius 3 is 0.861 bits per heavy atom. The zero-order valence-corrected chi connectivity index (χ0v) is 52.3. The molecule has 0 amide bonds. The largest absolute Gasteiger partial charge is 0.472 e. The number of unbranched alkanes of at least 4 members (excludes halogenated alkanes) is 32. The van der Waals surface area contributed by atoms with Gasteiger partial charge >= 0.3 is 39.5 Å². The number of esters is 4. The number of rotatable bonds is 60. The second kappa shape index (κ2) is 54.0. The van der Waals surface area contributed by atoms with Gasteiger partial charge in [-0.2, -0.15) is 0 Å². The van der Waals surface area contributed by atoms with Crippen LogP contribution in [0, 0.1) is 5.92 Å². The standard InChI is InChI=1S/C60H116O17P2/c1-6-9-12-15-18-23-29-34-39-44-58(63)71-50-56(77-60(65)46-41-36-31-26-22-21-25-27-32-37-42-53(4)5)52-75-79(68,69)73-48-54(61)47-72-78(66,67)74-51-55(49-70-57(62)43-38-33-28-20-17-14-11-8-3)76-59(64)45-40-35-30-24-19-16-13-10-7-2/h53-56,61H,6-52H2,1-5H3,(H,66,67)(H,68,69)/t54-,55+,56+/m0/s1. The van der Waals surface area contributed by atoms with Crippen molar-refractivity contribution in [1.82, 2.24) is 0 Å². The fourth-order valence-corrected chi connectivity index (χ4v) is 10.5. The molecule has 0 aliphatic rings. The van der Waals surface area contributed by atoms with E-state index in [0.29, 0.717) is 25.7 Å². The van der Waals surface area contributed by atoms with Crippen LogP contribution in [0.2, 0.25) is 0 Å². The summed E-state index contributed by atoms with van der Waals surface area (Å²) >= 11 is 0. The molecule has 468 valence electrons. The number of aliphatic hydroxyl groups excluding tert-OH is 1. The molecular formula is C60H116O17P2. The number of phosphoric ester groups is 2. The molecule has 2 unspecified atom stereocenters. The van der Waals surface area contributed by atoms with Crippen molar-refractivity contribution in [3.05, 3.63) is 0 Å². The van der Waals surface area contributed by atoms with E-state index >= 15 is 0 Å². The molecule has 0 aromatic carbocycles. The Bertz CT molecular complexity index is 1550. The average molecular weight is 1170 g/mol. The monoisotopic (exact) mass is 1170 g/mol. The van der Waals surface area contributed by atoms with Crippen molar-refractivity contribution >= 4 is 39.5 Å². The zero-order valence-electron chi connectivity index (χ0n) is 50.5. The Morgan fingerprint density at radius 1 is 0.342 bits per heavy atom. The van der Waals surface area contributed by atoms with Crippen molar-refractivity contribution < 1.29 is 80.2 Å². The number of hydrogen-bond acceptors (Lipinski definition) is 15. The lowest BCUT2D eigenvalue weighted by atomic mass is 10.0. The quantitative estimate of drug-likeness (QED) is 0.0222. The van der Waals surface area contributed by atoms with Crippen LogP contribution in [0.15, 0.2) is 0 Å². The molecule has 0 rings (SSSR count). The summed E-state index contributed by atoms with van der Waals surface area (Å²) in [6, 6.07) is 0. The molecule has 0 bridgehead atoms. The molecule has 0 heterocycles. The minimum absolute atomic E-state index is 0.105. The summed E-state index contributed by atoms with van der Waals surface area (Å²) in [6.45, 7) is 7.10. The van der Waals surface area contributed by atoms with Gasteiger partial charge in [0.05, 0.1) is 26.4 Å². The van der Waals surface area contributed by atoms with Gasteiger partial charge in [-0.25, -0.2) is 9.13 Å². The lowest BCUT2D eigenvalue weighted by molar-refractivity contribution is -0.161. The summed E-state index contributed by atoms with van der Waals surface area (Å²) in [6.07, 6.45) is 36.2. The molecule has 0 aliphatic heterocycles.